The van der Waals surface area contributed by atoms with E-state index in [0.29, 0.717) is 0 Å². The molecule has 11 heavy (non-hydrogen) atoms. The molecule has 1 aromatic carbocycles. The van der Waals surface area contributed by atoms with E-state index >= 15 is 0 Å². The smallest absolute Gasteiger partial charge is 0.138 e. The summed E-state index contributed by atoms with van der Waals surface area (Å²) in [7, 11) is 0. The second kappa shape index (κ2) is 3.00. The third kappa shape index (κ3) is 1.77. The zero-order valence-electron chi connectivity index (χ0n) is 5.46. The molecule has 0 fully saturated rings. The van der Waals surface area contributed by atoms with Crippen molar-refractivity contribution in [1.29, 1.82) is 0 Å². The molecular formula is C7H5F2OS+. The van der Waals surface area contributed by atoms with Gasteiger partial charge in [-0.25, -0.2) is 0 Å². The third-order valence-electron chi connectivity index (χ3n) is 1.21. The Morgan fingerprint density at radius 3 is 2.18 bits per heavy atom. The van der Waals surface area contributed by atoms with Crippen LogP contribution in [0.1, 0.15) is 5.56 Å². The van der Waals surface area contributed by atoms with Crippen LogP contribution < -0.4 is 0 Å². The fourth-order valence-electron chi connectivity index (χ4n) is 0.680. The SMILES string of the molecule is O=[S+]C(F)(F)c1ccccc1. The van der Waals surface area contributed by atoms with E-state index in [2.05, 4.69) is 0 Å². The van der Waals surface area contributed by atoms with Gasteiger partial charge in [0.25, 0.3) is 0 Å². The van der Waals surface area contributed by atoms with Gasteiger partial charge in [0.2, 0.25) is 0 Å². The van der Waals surface area contributed by atoms with Crippen LogP contribution in [0.2, 0.25) is 0 Å². The lowest BCUT2D eigenvalue weighted by Crippen LogP contribution is -2.09. The van der Waals surface area contributed by atoms with Crippen LogP contribution in [0.15, 0.2) is 30.3 Å². The lowest BCUT2D eigenvalue weighted by molar-refractivity contribution is 0.101. The van der Waals surface area contributed by atoms with Crippen LogP contribution in [0.5, 0.6) is 0 Å². The van der Waals surface area contributed by atoms with E-state index in [1.54, 1.807) is 6.07 Å². The molecule has 0 heterocycles. The van der Waals surface area contributed by atoms with Crippen LogP contribution in [0.25, 0.3) is 0 Å². The highest BCUT2D eigenvalue weighted by Gasteiger charge is 2.47. The lowest BCUT2D eigenvalue weighted by Gasteiger charge is -1.95. The van der Waals surface area contributed by atoms with Crippen LogP contribution in [-0.4, -0.2) is 0 Å². The van der Waals surface area contributed by atoms with Crippen molar-refractivity contribution in [3.05, 3.63) is 35.9 Å². The summed E-state index contributed by atoms with van der Waals surface area (Å²) in [5.74, 6) is 0. The molecule has 1 rings (SSSR count). The highest BCUT2D eigenvalue weighted by molar-refractivity contribution is 7.66. The molecule has 0 N–H and O–H groups in total. The van der Waals surface area contributed by atoms with Gasteiger partial charge in [-0.3, -0.25) is 0 Å². The highest BCUT2D eigenvalue weighted by atomic mass is 32.1. The Morgan fingerprint density at radius 2 is 1.73 bits per heavy atom. The van der Waals surface area contributed by atoms with Crippen molar-refractivity contribution in [3.8, 4) is 0 Å². The molecule has 0 aromatic heterocycles. The molecular weight excluding hydrogens is 170 g/mol. The molecule has 0 unspecified atom stereocenters. The van der Waals surface area contributed by atoms with Crippen LogP contribution in [0, 0.1) is 0 Å². The molecule has 0 atom stereocenters. The van der Waals surface area contributed by atoms with E-state index < -0.39 is 16.9 Å². The number of hydrogen-bond donors (Lipinski definition) is 0. The first-order chi connectivity index (χ1) is 5.17. The second-order valence-corrected chi connectivity index (χ2v) is 2.65. The number of benzene rings is 1. The van der Waals surface area contributed by atoms with Crippen molar-refractivity contribution in [2.75, 3.05) is 0 Å². The minimum Gasteiger partial charge on any atom is -0.138 e. The Bertz CT molecular complexity index is 248. The minimum atomic E-state index is -3.30. The largest absolute Gasteiger partial charge is 0.557 e. The van der Waals surface area contributed by atoms with Crippen molar-refractivity contribution < 1.29 is 13.0 Å². The maximum atomic E-state index is 12.5. The van der Waals surface area contributed by atoms with Gasteiger partial charge >= 0.3 is 16.9 Å². The average Bonchev–Trinajstić information content (AvgIpc) is 2.06. The lowest BCUT2D eigenvalue weighted by atomic mass is 10.2. The molecule has 0 aliphatic carbocycles. The predicted octanol–water partition coefficient (Wildman–Crippen LogP) is 2.16. The monoisotopic (exact) mass is 175 g/mol. The summed E-state index contributed by atoms with van der Waals surface area (Å²) >= 11 is -0.703. The summed E-state index contributed by atoms with van der Waals surface area (Å²) < 4.78 is 35.0. The molecule has 0 saturated heterocycles. The van der Waals surface area contributed by atoms with Crippen LogP contribution >= 0.6 is 0 Å². The molecule has 0 radical (unpaired) electrons. The van der Waals surface area contributed by atoms with E-state index in [9.17, 15) is 13.0 Å². The van der Waals surface area contributed by atoms with Crippen molar-refractivity contribution in [2.24, 2.45) is 0 Å². The van der Waals surface area contributed by atoms with Gasteiger partial charge in [-0.05, 0) is 12.1 Å². The first kappa shape index (κ1) is 8.20. The fraction of sp³-hybridized carbons (Fsp3) is 0.143. The van der Waals surface area contributed by atoms with Gasteiger partial charge in [0.05, 0.1) is 5.56 Å². The molecule has 0 spiro atoms. The Morgan fingerprint density at radius 1 is 1.18 bits per heavy atom. The van der Waals surface area contributed by atoms with Gasteiger partial charge in [0.15, 0.2) is 0 Å². The Labute approximate surface area is 66.5 Å². The molecule has 4 heteroatoms. The predicted molar refractivity (Wildman–Crippen MR) is 38.4 cm³/mol. The van der Waals surface area contributed by atoms with E-state index in [-0.39, 0.29) is 5.56 Å². The quantitative estimate of drug-likeness (QED) is 0.629. The highest BCUT2D eigenvalue weighted by Crippen LogP contribution is 2.26. The first-order valence-corrected chi connectivity index (χ1v) is 3.65. The van der Waals surface area contributed by atoms with Gasteiger partial charge in [0.1, 0.15) is 0 Å². The number of halogens is 2. The molecule has 0 amide bonds. The van der Waals surface area contributed by atoms with Crippen molar-refractivity contribution in [2.45, 2.75) is 5.25 Å². The Hall–Kier alpha value is -0.900. The summed E-state index contributed by atoms with van der Waals surface area (Å²) in [4.78, 5) is 0. The summed E-state index contributed by atoms with van der Waals surface area (Å²) in [6.45, 7) is 0. The van der Waals surface area contributed by atoms with E-state index in [1.165, 1.54) is 24.3 Å². The third-order valence-corrected chi connectivity index (χ3v) is 1.66. The zero-order chi connectivity index (χ0) is 8.32. The van der Waals surface area contributed by atoms with E-state index in [1.807, 2.05) is 0 Å². The molecule has 0 aliphatic rings. The maximum absolute atomic E-state index is 12.5. The van der Waals surface area contributed by atoms with Crippen molar-refractivity contribution in [1.82, 2.24) is 0 Å². The van der Waals surface area contributed by atoms with Crippen molar-refractivity contribution in [3.63, 3.8) is 0 Å². The molecule has 1 nitrogen and oxygen atoms in total. The normalized spacial score (nSPS) is 11.1. The van der Waals surface area contributed by atoms with Gasteiger partial charge in [-0.1, -0.05) is 18.2 Å². The minimum absolute atomic E-state index is 0.250. The average molecular weight is 175 g/mol. The summed E-state index contributed by atoms with van der Waals surface area (Å²) in [6, 6.07) is 7.02. The summed E-state index contributed by atoms with van der Waals surface area (Å²) in [5.41, 5.74) is -0.250. The van der Waals surface area contributed by atoms with Crippen LogP contribution in [-0.2, 0) is 21.1 Å². The van der Waals surface area contributed by atoms with Crippen molar-refractivity contribution >= 4 is 11.7 Å². The first-order valence-electron chi connectivity index (χ1n) is 2.91. The van der Waals surface area contributed by atoms with Gasteiger partial charge in [-0.15, -0.1) is 8.78 Å². The van der Waals surface area contributed by atoms with Gasteiger partial charge in [-0.2, -0.15) is 0 Å². The van der Waals surface area contributed by atoms with Gasteiger partial charge in [0, 0.05) is 4.21 Å². The number of alkyl halides is 2. The molecule has 1 aromatic rings. The topological polar surface area (TPSA) is 17.1 Å². The second-order valence-electron chi connectivity index (χ2n) is 1.97. The van der Waals surface area contributed by atoms with E-state index in [4.69, 9.17) is 0 Å². The summed E-state index contributed by atoms with van der Waals surface area (Å²) in [5, 5.41) is -3.30. The van der Waals surface area contributed by atoms with Crippen LogP contribution in [0.3, 0.4) is 0 Å². The number of rotatable bonds is 2. The van der Waals surface area contributed by atoms with Gasteiger partial charge < -0.3 is 0 Å². The summed E-state index contributed by atoms with van der Waals surface area (Å²) in [6.07, 6.45) is 0. The Kier molecular flexibility index (Phi) is 2.24. The molecule has 58 valence electrons. The molecule has 0 bridgehead atoms. The number of hydrogen-bond acceptors (Lipinski definition) is 1. The van der Waals surface area contributed by atoms with E-state index in [0.717, 1.165) is 0 Å². The van der Waals surface area contributed by atoms with Crippen LogP contribution in [0.4, 0.5) is 8.78 Å². The molecule has 0 saturated carbocycles. The Balaban J connectivity index is 3.02. The molecule has 0 aliphatic heterocycles. The standard InChI is InChI=1S/C7H5F2OS/c8-7(9,11-10)6-4-2-1-3-5-6/h1-5H/q+1. The fourth-order valence-corrected chi connectivity index (χ4v) is 0.913. The maximum Gasteiger partial charge on any atom is 0.557 e. The zero-order valence-corrected chi connectivity index (χ0v) is 6.28.